The Morgan fingerprint density at radius 3 is 2.54 bits per heavy atom. The van der Waals surface area contributed by atoms with Crippen LogP contribution in [0.3, 0.4) is 0 Å². The van der Waals surface area contributed by atoms with E-state index in [2.05, 4.69) is 16.0 Å². The molecule has 4 rings (SSSR count). The molecule has 7 nitrogen and oxygen atoms in total. The van der Waals surface area contributed by atoms with Gasteiger partial charge in [-0.15, -0.1) is 5.10 Å². The lowest BCUT2D eigenvalue weighted by molar-refractivity contribution is 0.586. The molecule has 0 bridgehead atoms. The fourth-order valence-electron chi connectivity index (χ4n) is 4.09. The first kappa shape index (κ1) is 23.9. The van der Waals surface area contributed by atoms with E-state index in [0.29, 0.717) is 33.3 Å². The number of nitrogens with one attached hydrogen (secondary N) is 2. The molecule has 0 aliphatic heterocycles. The van der Waals surface area contributed by atoms with Gasteiger partial charge in [0.1, 0.15) is 23.0 Å². The lowest BCUT2D eigenvalue weighted by Gasteiger charge is -2.20. The van der Waals surface area contributed by atoms with Crippen molar-refractivity contribution in [1.29, 1.82) is 0 Å². The van der Waals surface area contributed by atoms with Crippen LogP contribution >= 0.6 is 0 Å². The smallest absolute Gasteiger partial charge is 0.196 e. The van der Waals surface area contributed by atoms with Crippen molar-refractivity contribution in [3.8, 4) is 11.3 Å². The highest BCUT2D eigenvalue weighted by atomic mass is 19.1. The molecule has 1 aromatic heterocycles. The Bertz CT molecular complexity index is 1510. The van der Waals surface area contributed by atoms with Crippen LogP contribution in [0.1, 0.15) is 35.2 Å². The first-order chi connectivity index (χ1) is 16.7. The van der Waals surface area contributed by atoms with Crippen LogP contribution in [0.4, 0.5) is 14.5 Å². The molecule has 0 saturated carbocycles. The van der Waals surface area contributed by atoms with E-state index in [-0.39, 0.29) is 22.6 Å². The molecule has 1 unspecified atom stereocenters. The zero-order valence-electron chi connectivity index (χ0n) is 19.4. The number of amidine groups is 1. The number of halogens is 2. The fourth-order valence-corrected chi connectivity index (χ4v) is 4.09. The highest BCUT2D eigenvalue weighted by Crippen LogP contribution is 2.33. The van der Waals surface area contributed by atoms with Gasteiger partial charge in [0.05, 0.1) is 17.0 Å². The average molecular weight is 478 g/mol. The average Bonchev–Trinajstić information content (AvgIpc) is 2.82. The summed E-state index contributed by atoms with van der Waals surface area (Å²) in [5.41, 5.74) is 10.9. The Morgan fingerprint density at radius 2 is 1.83 bits per heavy atom. The van der Waals surface area contributed by atoms with Crippen molar-refractivity contribution in [3.63, 3.8) is 0 Å². The molecule has 0 spiro atoms. The van der Waals surface area contributed by atoms with Gasteiger partial charge in [0.2, 0.25) is 0 Å². The SMILES string of the molecule is Cc1cc(C(C)Nc2cc(F)ccc2/C(N)=N/NN)c2oc(-c3ccccc3F)c(C)c(=O)c2c1. The van der Waals surface area contributed by atoms with Crippen molar-refractivity contribution < 1.29 is 13.2 Å². The minimum atomic E-state index is -0.495. The molecule has 9 heteroatoms. The van der Waals surface area contributed by atoms with E-state index >= 15 is 0 Å². The maximum Gasteiger partial charge on any atom is 0.196 e. The molecule has 0 saturated heterocycles. The second-order valence-electron chi connectivity index (χ2n) is 8.28. The highest BCUT2D eigenvalue weighted by Gasteiger charge is 2.21. The summed E-state index contributed by atoms with van der Waals surface area (Å²) in [6.07, 6.45) is 0. The van der Waals surface area contributed by atoms with Crippen molar-refractivity contribution >= 4 is 22.5 Å². The Balaban J connectivity index is 1.89. The minimum absolute atomic E-state index is 0.0558. The van der Waals surface area contributed by atoms with Crippen LogP contribution in [0.5, 0.6) is 0 Å². The van der Waals surface area contributed by atoms with Crippen molar-refractivity contribution in [2.45, 2.75) is 26.8 Å². The normalized spacial score (nSPS) is 12.6. The van der Waals surface area contributed by atoms with Gasteiger partial charge in [0.25, 0.3) is 0 Å². The molecule has 0 fully saturated rings. The minimum Gasteiger partial charge on any atom is -0.455 e. The third-order valence-corrected chi connectivity index (χ3v) is 5.79. The van der Waals surface area contributed by atoms with Gasteiger partial charge in [-0.1, -0.05) is 18.2 Å². The van der Waals surface area contributed by atoms with Crippen molar-refractivity contribution in [2.24, 2.45) is 16.7 Å². The zero-order chi connectivity index (χ0) is 25.3. The van der Waals surface area contributed by atoms with E-state index in [1.54, 1.807) is 31.2 Å². The summed E-state index contributed by atoms with van der Waals surface area (Å²) >= 11 is 0. The number of hydrazone groups is 1. The van der Waals surface area contributed by atoms with E-state index in [4.69, 9.17) is 16.0 Å². The Labute approximate surface area is 200 Å². The topological polar surface area (TPSA) is 119 Å². The molecule has 0 amide bonds. The summed E-state index contributed by atoms with van der Waals surface area (Å²) in [4.78, 5) is 13.3. The maximum absolute atomic E-state index is 14.6. The Morgan fingerprint density at radius 1 is 1.09 bits per heavy atom. The molecule has 3 aromatic carbocycles. The summed E-state index contributed by atoms with van der Waals surface area (Å²) in [6, 6.07) is 13.3. The predicted octanol–water partition coefficient (Wildman–Crippen LogP) is 4.61. The zero-order valence-corrected chi connectivity index (χ0v) is 19.4. The lowest BCUT2D eigenvalue weighted by Crippen LogP contribution is -2.24. The number of rotatable bonds is 6. The third kappa shape index (κ3) is 4.58. The van der Waals surface area contributed by atoms with E-state index in [1.807, 2.05) is 19.9 Å². The molecular weight excluding hydrogens is 452 g/mol. The van der Waals surface area contributed by atoms with E-state index in [1.165, 1.54) is 24.3 Å². The van der Waals surface area contributed by atoms with E-state index in [0.717, 1.165) is 5.56 Å². The van der Waals surface area contributed by atoms with Gasteiger partial charge < -0.3 is 15.5 Å². The van der Waals surface area contributed by atoms with Crippen LogP contribution in [0.2, 0.25) is 0 Å². The first-order valence-electron chi connectivity index (χ1n) is 10.9. The quantitative estimate of drug-likeness (QED) is 0.139. The molecule has 1 atom stereocenters. The van der Waals surface area contributed by atoms with E-state index in [9.17, 15) is 13.6 Å². The van der Waals surface area contributed by atoms with Gasteiger partial charge in [-0.05, 0) is 62.7 Å². The fraction of sp³-hybridized carbons (Fsp3) is 0.154. The lowest BCUT2D eigenvalue weighted by atomic mass is 9.98. The van der Waals surface area contributed by atoms with Gasteiger partial charge in [0.15, 0.2) is 11.3 Å². The van der Waals surface area contributed by atoms with Crippen molar-refractivity contribution in [1.82, 2.24) is 5.53 Å². The molecule has 0 radical (unpaired) electrons. The highest BCUT2D eigenvalue weighted by molar-refractivity contribution is 6.02. The van der Waals surface area contributed by atoms with E-state index < -0.39 is 17.7 Å². The number of hydrogen-bond donors (Lipinski definition) is 4. The second kappa shape index (κ2) is 9.55. The van der Waals surface area contributed by atoms with Crippen LogP contribution in [0, 0.1) is 25.5 Å². The number of fused-ring (bicyclic) bond motifs is 1. The number of aryl methyl sites for hydroxylation is 1. The number of hydrazine groups is 1. The molecule has 6 N–H and O–H groups in total. The molecule has 1 heterocycles. The van der Waals surface area contributed by atoms with Crippen LogP contribution in [-0.4, -0.2) is 5.84 Å². The summed E-state index contributed by atoms with van der Waals surface area (Å²) in [6.45, 7) is 5.31. The monoisotopic (exact) mass is 477 g/mol. The van der Waals surface area contributed by atoms with Gasteiger partial charge in [0, 0.05) is 22.4 Å². The van der Waals surface area contributed by atoms with Gasteiger partial charge >= 0.3 is 0 Å². The number of hydrogen-bond acceptors (Lipinski definition) is 6. The maximum atomic E-state index is 14.6. The van der Waals surface area contributed by atoms with Crippen LogP contribution < -0.4 is 27.9 Å². The Hall–Kier alpha value is -4.24. The standard InChI is InChI=1S/C26H25F2N5O2/c1-13-10-19(15(3)31-22-12-16(27)8-9-18(22)26(29)32-33-30)25-20(11-13)23(34)14(2)24(35-25)17-6-4-5-7-21(17)28/h4-12,15,31,33H,30H2,1-3H3,(H2,29,32). The summed E-state index contributed by atoms with van der Waals surface area (Å²) in [5, 5.41) is 7.37. The molecule has 180 valence electrons. The second-order valence-corrected chi connectivity index (χ2v) is 8.28. The van der Waals surface area contributed by atoms with Gasteiger partial charge in [-0.3, -0.25) is 4.79 Å². The third-order valence-electron chi connectivity index (χ3n) is 5.79. The Kier molecular flexibility index (Phi) is 6.52. The van der Waals surface area contributed by atoms with Crippen LogP contribution in [0.15, 0.2) is 68.9 Å². The number of nitrogens with two attached hydrogens (primary N) is 2. The van der Waals surface area contributed by atoms with Crippen molar-refractivity contribution in [2.75, 3.05) is 5.32 Å². The molecular formula is C26H25F2N5O2. The number of anilines is 1. The summed E-state index contributed by atoms with van der Waals surface area (Å²) in [7, 11) is 0. The van der Waals surface area contributed by atoms with Crippen molar-refractivity contribution in [3.05, 3.63) is 98.7 Å². The molecule has 4 aromatic rings. The van der Waals surface area contributed by atoms with Crippen LogP contribution in [-0.2, 0) is 0 Å². The largest absolute Gasteiger partial charge is 0.455 e. The van der Waals surface area contributed by atoms with Gasteiger partial charge in [-0.25, -0.2) is 20.2 Å². The molecule has 0 aliphatic carbocycles. The predicted molar refractivity (Wildman–Crippen MR) is 134 cm³/mol. The summed E-state index contributed by atoms with van der Waals surface area (Å²) < 4.78 is 34.9. The summed E-state index contributed by atoms with van der Waals surface area (Å²) in [5.74, 6) is 4.48. The number of benzene rings is 3. The van der Waals surface area contributed by atoms with Crippen LogP contribution in [0.25, 0.3) is 22.3 Å². The first-order valence-corrected chi connectivity index (χ1v) is 10.9. The molecule has 0 aliphatic rings. The van der Waals surface area contributed by atoms with Gasteiger partial charge in [-0.2, -0.15) is 0 Å². The molecule has 35 heavy (non-hydrogen) atoms. The number of nitrogens with zero attached hydrogens (tertiary/aromatic N) is 1.